The first-order valence-corrected chi connectivity index (χ1v) is 6.59. The fourth-order valence-electron chi connectivity index (χ4n) is 3.20. The van der Waals surface area contributed by atoms with Crippen molar-refractivity contribution in [2.45, 2.75) is 57.2 Å². The van der Waals surface area contributed by atoms with Crippen molar-refractivity contribution in [3.05, 3.63) is 11.6 Å². The number of hydrogen-bond donors (Lipinski definition) is 0. The lowest BCUT2D eigenvalue weighted by Gasteiger charge is -2.32. The van der Waals surface area contributed by atoms with Crippen LogP contribution in [-0.4, -0.2) is 5.38 Å². The summed E-state index contributed by atoms with van der Waals surface area (Å²) in [5.41, 5.74) is 1.69. The van der Waals surface area contributed by atoms with Crippen LogP contribution in [-0.2, 0) is 0 Å². The summed E-state index contributed by atoms with van der Waals surface area (Å²) >= 11 is 6.14. The molecule has 0 aromatic carbocycles. The molecule has 1 heteroatoms. The molecule has 2 rings (SSSR count). The summed E-state index contributed by atoms with van der Waals surface area (Å²) in [6.45, 7) is 2.34. The maximum Gasteiger partial charge on any atom is 0.0521 e. The first-order valence-electron chi connectivity index (χ1n) is 6.16. The smallest absolute Gasteiger partial charge is 0.0521 e. The third-order valence-corrected chi connectivity index (χ3v) is 4.36. The van der Waals surface area contributed by atoms with Crippen LogP contribution in [0.2, 0.25) is 0 Å². The Morgan fingerprint density at radius 2 is 2.07 bits per heavy atom. The van der Waals surface area contributed by atoms with Gasteiger partial charge in [0, 0.05) is 0 Å². The maximum atomic E-state index is 6.14. The van der Waals surface area contributed by atoms with Gasteiger partial charge in [0.15, 0.2) is 0 Å². The quantitative estimate of drug-likeness (QED) is 0.466. The van der Waals surface area contributed by atoms with Crippen molar-refractivity contribution in [3.8, 4) is 0 Å². The Balaban J connectivity index is 2.03. The van der Waals surface area contributed by atoms with Gasteiger partial charge >= 0.3 is 0 Å². The monoisotopic (exact) mass is 212 g/mol. The molecule has 0 aromatic rings. The molecule has 2 aliphatic rings. The van der Waals surface area contributed by atoms with Crippen molar-refractivity contribution in [2.24, 2.45) is 11.8 Å². The topological polar surface area (TPSA) is 0 Å². The van der Waals surface area contributed by atoms with Gasteiger partial charge in [0.05, 0.1) is 5.38 Å². The second-order valence-electron chi connectivity index (χ2n) is 4.86. The van der Waals surface area contributed by atoms with E-state index >= 15 is 0 Å². The van der Waals surface area contributed by atoms with E-state index in [1.807, 2.05) is 0 Å². The van der Waals surface area contributed by atoms with Crippen LogP contribution >= 0.6 is 11.6 Å². The summed E-state index contributed by atoms with van der Waals surface area (Å²) in [6.07, 6.45) is 11.9. The number of hydrogen-bond acceptors (Lipinski definition) is 0. The molecule has 0 bridgehead atoms. The van der Waals surface area contributed by atoms with Crippen molar-refractivity contribution < 1.29 is 0 Å². The Labute approximate surface area is 92.7 Å². The Bertz CT molecular complexity index is 219. The minimum atomic E-state index is 0.337. The predicted octanol–water partition coefficient (Wildman–Crippen LogP) is 4.53. The highest BCUT2D eigenvalue weighted by molar-refractivity contribution is 6.22. The van der Waals surface area contributed by atoms with E-state index in [1.54, 1.807) is 5.57 Å². The molecule has 3 atom stereocenters. The predicted molar refractivity (Wildman–Crippen MR) is 62.7 cm³/mol. The molecule has 14 heavy (non-hydrogen) atoms. The van der Waals surface area contributed by atoms with Crippen molar-refractivity contribution >= 4 is 11.6 Å². The summed E-state index contributed by atoms with van der Waals surface area (Å²) in [7, 11) is 0. The zero-order chi connectivity index (χ0) is 9.97. The van der Waals surface area contributed by atoms with E-state index in [2.05, 4.69) is 13.0 Å². The van der Waals surface area contributed by atoms with Gasteiger partial charge in [-0.15, -0.1) is 11.6 Å². The fourth-order valence-corrected chi connectivity index (χ4v) is 3.47. The van der Waals surface area contributed by atoms with Gasteiger partial charge in [0.2, 0.25) is 0 Å². The van der Waals surface area contributed by atoms with Crippen LogP contribution in [0.15, 0.2) is 11.6 Å². The molecule has 0 saturated heterocycles. The maximum absolute atomic E-state index is 6.14. The third kappa shape index (κ3) is 2.16. The molecule has 1 fully saturated rings. The summed E-state index contributed by atoms with van der Waals surface area (Å²) in [5, 5.41) is 0.337. The lowest BCUT2D eigenvalue weighted by Crippen LogP contribution is -2.20. The third-order valence-electron chi connectivity index (χ3n) is 4.01. The summed E-state index contributed by atoms with van der Waals surface area (Å²) < 4.78 is 0. The average molecular weight is 213 g/mol. The lowest BCUT2D eigenvalue weighted by molar-refractivity contribution is 0.261. The largest absolute Gasteiger partial charge is 0.118 e. The minimum Gasteiger partial charge on any atom is -0.118 e. The van der Waals surface area contributed by atoms with Crippen LogP contribution in [0.25, 0.3) is 0 Å². The molecule has 2 aliphatic carbocycles. The first kappa shape index (κ1) is 10.5. The molecule has 0 aromatic heterocycles. The van der Waals surface area contributed by atoms with Gasteiger partial charge in [-0.3, -0.25) is 0 Å². The number of allylic oxidation sites excluding steroid dienone is 2. The van der Waals surface area contributed by atoms with E-state index in [-0.39, 0.29) is 0 Å². The molecule has 80 valence electrons. The van der Waals surface area contributed by atoms with Crippen LogP contribution in [0.1, 0.15) is 51.9 Å². The average Bonchev–Trinajstić information content (AvgIpc) is 2.65. The summed E-state index contributed by atoms with van der Waals surface area (Å²) in [6, 6.07) is 0. The lowest BCUT2D eigenvalue weighted by atomic mass is 9.74. The summed E-state index contributed by atoms with van der Waals surface area (Å²) in [5.74, 6) is 1.84. The highest BCUT2D eigenvalue weighted by Gasteiger charge is 2.29. The van der Waals surface area contributed by atoms with E-state index in [4.69, 9.17) is 11.6 Å². The molecule has 0 heterocycles. The van der Waals surface area contributed by atoms with E-state index in [1.165, 1.54) is 44.9 Å². The van der Waals surface area contributed by atoms with E-state index in [0.717, 1.165) is 11.8 Å². The van der Waals surface area contributed by atoms with Crippen LogP contribution in [0, 0.1) is 11.8 Å². The normalized spacial score (nSPS) is 38.4. The molecule has 1 saturated carbocycles. The highest BCUT2D eigenvalue weighted by atomic mass is 35.5. The van der Waals surface area contributed by atoms with Crippen LogP contribution in [0.3, 0.4) is 0 Å². The summed E-state index contributed by atoms with van der Waals surface area (Å²) in [4.78, 5) is 0. The SMILES string of the molecule is CCC1CCCCC1C1=CC(Cl)CC1. The minimum absolute atomic E-state index is 0.337. The Morgan fingerprint density at radius 1 is 1.29 bits per heavy atom. The Morgan fingerprint density at radius 3 is 2.71 bits per heavy atom. The molecule has 0 N–H and O–H groups in total. The van der Waals surface area contributed by atoms with Crippen molar-refractivity contribution in [3.63, 3.8) is 0 Å². The van der Waals surface area contributed by atoms with Crippen LogP contribution in [0.4, 0.5) is 0 Å². The van der Waals surface area contributed by atoms with Crippen molar-refractivity contribution in [1.82, 2.24) is 0 Å². The Hall–Kier alpha value is 0.0300. The van der Waals surface area contributed by atoms with Gasteiger partial charge < -0.3 is 0 Å². The zero-order valence-electron chi connectivity index (χ0n) is 9.14. The van der Waals surface area contributed by atoms with Crippen molar-refractivity contribution in [2.75, 3.05) is 0 Å². The molecular weight excluding hydrogens is 192 g/mol. The van der Waals surface area contributed by atoms with Gasteiger partial charge in [-0.05, 0) is 37.5 Å². The first-order chi connectivity index (χ1) is 6.81. The van der Waals surface area contributed by atoms with Crippen LogP contribution < -0.4 is 0 Å². The van der Waals surface area contributed by atoms with Gasteiger partial charge in [-0.2, -0.15) is 0 Å². The van der Waals surface area contributed by atoms with E-state index in [0.29, 0.717) is 5.38 Å². The van der Waals surface area contributed by atoms with E-state index < -0.39 is 0 Å². The molecule has 0 amide bonds. The number of rotatable bonds is 2. The number of halogens is 1. The highest BCUT2D eigenvalue weighted by Crippen LogP contribution is 2.41. The fraction of sp³-hybridized carbons (Fsp3) is 0.846. The Kier molecular flexibility index (Phi) is 3.54. The van der Waals surface area contributed by atoms with Gasteiger partial charge in [0.1, 0.15) is 0 Å². The molecule has 0 nitrogen and oxygen atoms in total. The second kappa shape index (κ2) is 4.70. The van der Waals surface area contributed by atoms with Crippen molar-refractivity contribution in [1.29, 1.82) is 0 Å². The second-order valence-corrected chi connectivity index (χ2v) is 5.42. The standard InChI is InChI=1S/C13H21Cl/c1-2-10-5-3-4-6-13(10)11-7-8-12(14)9-11/h9-10,12-13H,2-8H2,1H3. The van der Waals surface area contributed by atoms with Gasteiger partial charge in [-0.25, -0.2) is 0 Å². The van der Waals surface area contributed by atoms with Gasteiger partial charge in [0.25, 0.3) is 0 Å². The van der Waals surface area contributed by atoms with Crippen LogP contribution in [0.5, 0.6) is 0 Å². The molecular formula is C13H21Cl. The zero-order valence-corrected chi connectivity index (χ0v) is 9.89. The molecule has 0 radical (unpaired) electrons. The number of alkyl halides is 1. The molecule has 0 aliphatic heterocycles. The van der Waals surface area contributed by atoms with E-state index in [9.17, 15) is 0 Å². The molecule has 3 unspecified atom stereocenters. The van der Waals surface area contributed by atoms with Gasteiger partial charge in [-0.1, -0.05) is 37.8 Å². The molecule has 0 spiro atoms.